The zero-order chi connectivity index (χ0) is 20.1. The summed E-state index contributed by atoms with van der Waals surface area (Å²) in [5, 5.41) is 28.8. The van der Waals surface area contributed by atoms with Crippen LogP contribution < -0.4 is 0 Å². The highest BCUT2D eigenvalue weighted by Crippen LogP contribution is 2.33. The molecule has 0 aromatic carbocycles. The molecule has 0 saturated heterocycles. The van der Waals surface area contributed by atoms with Crippen molar-refractivity contribution in [2.24, 2.45) is 11.8 Å². The first-order valence-electron chi connectivity index (χ1n) is 9.69. The normalized spacial score (nSPS) is 24.9. The summed E-state index contributed by atoms with van der Waals surface area (Å²) in [4.78, 5) is 22.6. The lowest BCUT2D eigenvalue weighted by Crippen LogP contribution is -2.18. The van der Waals surface area contributed by atoms with E-state index in [-0.39, 0.29) is 30.5 Å². The molecule has 150 valence electrons. The number of hydrogen-bond acceptors (Lipinski definition) is 4. The summed E-state index contributed by atoms with van der Waals surface area (Å²) in [6, 6.07) is 0. The lowest BCUT2D eigenvalue weighted by Gasteiger charge is -2.16. The van der Waals surface area contributed by atoms with Crippen molar-refractivity contribution in [2.75, 3.05) is 0 Å². The maximum Gasteiger partial charge on any atom is 0.303 e. The molecule has 0 bridgehead atoms. The number of rotatable bonds is 12. The van der Waals surface area contributed by atoms with Gasteiger partial charge in [-0.3, -0.25) is 9.59 Å². The third-order valence-electron chi connectivity index (χ3n) is 4.59. The van der Waals surface area contributed by atoms with Gasteiger partial charge in [-0.15, -0.1) is 0 Å². The topological polar surface area (TPSA) is 94.8 Å². The lowest BCUT2D eigenvalue weighted by molar-refractivity contribution is -0.136. The Labute approximate surface area is 161 Å². The van der Waals surface area contributed by atoms with Crippen LogP contribution in [0.25, 0.3) is 0 Å². The molecule has 0 aliphatic heterocycles. The van der Waals surface area contributed by atoms with E-state index in [2.05, 4.69) is 19.1 Å². The molecule has 0 aromatic heterocycles. The second-order valence-corrected chi connectivity index (χ2v) is 6.84. The summed E-state index contributed by atoms with van der Waals surface area (Å²) in [6.45, 7) is 2.08. The van der Waals surface area contributed by atoms with E-state index in [4.69, 9.17) is 5.11 Å². The Balaban J connectivity index is 2.50. The number of hydrogen-bond donors (Lipinski definition) is 3. The average molecular weight is 376 g/mol. The van der Waals surface area contributed by atoms with Crippen molar-refractivity contribution < 1.29 is 24.9 Å². The molecule has 5 heteroatoms. The van der Waals surface area contributed by atoms with E-state index in [1.807, 2.05) is 18.2 Å². The van der Waals surface area contributed by atoms with Crippen molar-refractivity contribution in [1.82, 2.24) is 0 Å². The predicted octanol–water partition coefficient (Wildman–Crippen LogP) is 3.58. The smallest absolute Gasteiger partial charge is 0.303 e. The van der Waals surface area contributed by atoms with Gasteiger partial charge in [0.25, 0.3) is 0 Å². The zero-order valence-corrected chi connectivity index (χ0v) is 16.0. The summed E-state index contributed by atoms with van der Waals surface area (Å²) in [7, 11) is 0. The van der Waals surface area contributed by atoms with Crippen LogP contribution in [0, 0.1) is 11.8 Å². The largest absolute Gasteiger partial charge is 0.481 e. The number of carbonyl (C=O) groups excluding carboxylic acids is 1. The third kappa shape index (κ3) is 9.50. The first-order valence-corrected chi connectivity index (χ1v) is 9.69. The molecule has 1 rings (SSSR count). The molecular weight excluding hydrogens is 344 g/mol. The van der Waals surface area contributed by atoms with Crippen molar-refractivity contribution in [1.29, 1.82) is 0 Å². The van der Waals surface area contributed by atoms with Crippen LogP contribution in [0.5, 0.6) is 0 Å². The lowest BCUT2D eigenvalue weighted by atomic mass is 9.90. The SMILES string of the molecule is CC/C=C\C/C=C\C[C@@H](O)/C=C/[C@@H]1[C@H](O)CC(=O)[C@H]1C/C=C\CCC(=O)O. The minimum Gasteiger partial charge on any atom is -0.481 e. The number of carboxylic acids is 1. The van der Waals surface area contributed by atoms with Crippen LogP contribution in [-0.2, 0) is 9.59 Å². The molecule has 1 aliphatic carbocycles. The fourth-order valence-electron chi connectivity index (χ4n) is 3.10. The molecule has 1 fully saturated rings. The van der Waals surface area contributed by atoms with E-state index < -0.39 is 18.2 Å². The fraction of sp³-hybridized carbons (Fsp3) is 0.545. The van der Waals surface area contributed by atoms with Crippen LogP contribution in [-0.4, -0.2) is 39.3 Å². The summed E-state index contributed by atoms with van der Waals surface area (Å²) in [5.74, 6) is -1.47. The van der Waals surface area contributed by atoms with Crippen molar-refractivity contribution in [3.63, 3.8) is 0 Å². The summed E-state index contributed by atoms with van der Waals surface area (Å²) < 4.78 is 0. The molecule has 27 heavy (non-hydrogen) atoms. The average Bonchev–Trinajstić information content (AvgIpc) is 2.88. The standard InChI is InChI=1S/C22H32O5/c1-2-3-4-5-6-8-11-17(23)14-15-19-18(20(24)16-21(19)25)12-9-7-10-13-22(26)27/h3-4,6-9,14-15,17-19,21,23,25H,2,5,10-13,16H2,1H3,(H,26,27)/b4-3-,8-6-,9-7-,15-14+/t17-,18+,19+,21-/m1/s1. The summed E-state index contributed by atoms with van der Waals surface area (Å²) in [6.07, 6.45) is 17.1. The molecule has 0 aromatic rings. The molecule has 1 aliphatic rings. The Bertz CT molecular complexity index is 573. The first kappa shape index (κ1) is 23.1. The van der Waals surface area contributed by atoms with Gasteiger partial charge in [0.1, 0.15) is 5.78 Å². The van der Waals surface area contributed by atoms with Gasteiger partial charge in [0.05, 0.1) is 12.2 Å². The molecule has 5 nitrogen and oxygen atoms in total. The van der Waals surface area contributed by atoms with E-state index in [1.165, 1.54) is 0 Å². The van der Waals surface area contributed by atoms with Gasteiger partial charge in [0.15, 0.2) is 0 Å². The highest BCUT2D eigenvalue weighted by atomic mass is 16.4. The maximum absolute atomic E-state index is 12.1. The molecule has 0 heterocycles. The van der Waals surface area contributed by atoms with E-state index in [9.17, 15) is 19.8 Å². The van der Waals surface area contributed by atoms with E-state index in [1.54, 1.807) is 18.2 Å². The number of aliphatic hydroxyl groups excluding tert-OH is 2. The van der Waals surface area contributed by atoms with Gasteiger partial charge in [-0.05, 0) is 32.1 Å². The van der Waals surface area contributed by atoms with E-state index in [0.29, 0.717) is 19.3 Å². The van der Waals surface area contributed by atoms with Gasteiger partial charge in [-0.1, -0.05) is 55.5 Å². The van der Waals surface area contributed by atoms with Crippen LogP contribution in [0.1, 0.15) is 51.9 Å². The van der Waals surface area contributed by atoms with Crippen LogP contribution in [0.4, 0.5) is 0 Å². The van der Waals surface area contributed by atoms with Gasteiger partial charge in [-0.25, -0.2) is 0 Å². The fourth-order valence-corrected chi connectivity index (χ4v) is 3.10. The van der Waals surface area contributed by atoms with Crippen LogP contribution >= 0.6 is 0 Å². The zero-order valence-electron chi connectivity index (χ0n) is 16.0. The quantitative estimate of drug-likeness (QED) is 0.453. The van der Waals surface area contributed by atoms with Crippen LogP contribution in [0.15, 0.2) is 48.6 Å². The molecule has 0 amide bonds. The number of carbonyl (C=O) groups is 2. The van der Waals surface area contributed by atoms with Crippen molar-refractivity contribution in [3.8, 4) is 0 Å². The number of ketones is 1. The Hall–Kier alpha value is -1.98. The number of carboxylic acid groups (broad SMARTS) is 1. The number of aliphatic carboxylic acids is 1. The third-order valence-corrected chi connectivity index (χ3v) is 4.59. The molecule has 0 radical (unpaired) electrons. The molecule has 0 spiro atoms. The predicted molar refractivity (Wildman–Crippen MR) is 106 cm³/mol. The summed E-state index contributed by atoms with van der Waals surface area (Å²) >= 11 is 0. The Morgan fingerprint density at radius 2 is 1.93 bits per heavy atom. The molecule has 0 unspecified atom stereocenters. The maximum atomic E-state index is 12.1. The van der Waals surface area contributed by atoms with Crippen molar-refractivity contribution in [3.05, 3.63) is 48.6 Å². The van der Waals surface area contributed by atoms with E-state index >= 15 is 0 Å². The molecule has 4 atom stereocenters. The van der Waals surface area contributed by atoms with Gasteiger partial charge in [0.2, 0.25) is 0 Å². The molecular formula is C22H32O5. The number of allylic oxidation sites excluding steroid dienone is 5. The van der Waals surface area contributed by atoms with Crippen molar-refractivity contribution in [2.45, 2.75) is 64.1 Å². The van der Waals surface area contributed by atoms with Crippen LogP contribution in [0.2, 0.25) is 0 Å². The number of aliphatic hydroxyl groups is 2. The Morgan fingerprint density at radius 3 is 2.63 bits per heavy atom. The second-order valence-electron chi connectivity index (χ2n) is 6.84. The number of Topliss-reactive ketones (excluding diaryl/α,β-unsaturated/α-hetero) is 1. The first-order chi connectivity index (χ1) is 13.0. The van der Waals surface area contributed by atoms with Gasteiger partial charge < -0.3 is 15.3 Å². The molecule has 3 N–H and O–H groups in total. The monoisotopic (exact) mass is 376 g/mol. The minimum atomic E-state index is -0.850. The van der Waals surface area contributed by atoms with Crippen molar-refractivity contribution >= 4 is 11.8 Å². The highest BCUT2D eigenvalue weighted by molar-refractivity contribution is 5.84. The van der Waals surface area contributed by atoms with Gasteiger partial charge >= 0.3 is 5.97 Å². The van der Waals surface area contributed by atoms with Gasteiger partial charge in [-0.2, -0.15) is 0 Å². The van der Waals surface area contributed by atoms with Crippen LogP contribution in [0.3, 0.4) is 0 Å². The highest BCUT2D eigenvalue weighted by Gasteiger charge is 2.39. The minimum absolute atomic E-state index is 0.0112. The Kier molecular flexibility index (Phi) is 11.3. The summed E-state index contributed by atoms with van der Waals surface area (Å²) in [5.41, 5.74) is 0. The van der Waals surface area contributed by atoms with Gasteiger partial charge in [0, 0.05) is 24.7 Å². The van der Waals surface area contributed by atoms with E-state index in [0.717, 1.165) is 12.8 Å². The second kappa shape index (κ2) is 13.2. The molecule has 1 saturated carbocycles. The Morgan fingerprint density at radius 1 is 1.19 bits per heavy atom.